The van der Waals surface area contributed by atoms with Gasteiger partial charge < -0.3 is 24.3 Å². The van der Waals surface area contributed by atoms with Crippen LogP contribution in [0.1, 0.15) is 21.5 Å². The minimum Gasteiger partial charge on any atom is -0.493 e. The first-order valence-electron chi connectivity index (χ1n) is 9.98. The standard InChI is InChI=1S/C25H27NO5/c1-28-21-11-9-18(15-23(21)30-3)13-14-26-25(27)20-10-12-22(29-2)24(16-20)31-17-19-7-5-4-6-8-19/h4-12,15-16H,13-14,17H2,1-3H3,(H,26,27). The third-order valence-electron chi connectivity index (χ3n) is 4.81. The summed E-state index contributed by atoms with van der Waals surface area (Å²) in [6.07, 6.45) is 0.666. The first kappa shape index (κ1) is 22.0. The molecule has 0 radical (unpaired) electrons. The Kier molecular flexibility index (Phi) is 7.76. The molecule has 6 heteroatoms. The lowest BCUT2D eigenvalue weighted by atomic mass is 10.1. The van der Waals surface area contributed by atoms with Crippen LogP contribution < -0.4 is 24.3 Å². The number of hydrogen-bond acceptors (Lipinski definition) is 5. The molecule has 0 unspecified atom stereocenters. The molecule has 31 heavy (non-hydrogen) atoms. The molecule has 162 valence electrons. The van der Waals surface area contributed by atoms with Crippen molar-refractivity contribution in [1.82, 2.24) is 5.32 Å². The molecule has 0 aliphatic rings. The molecule has 0 aliphatic heterocycles. The van der Waals surface area contributed by atoms with Crippen molar-refractivity contribution < 1.29 is 23.7 Å². The van der Waals surface area contributed by atoms with Crippen molar-refractivity contribution >= 4 is 5.91 Å². The van der Waals surface area contributed by atoms with E-state index in [2.05, 4.69) is 5.32 Å². The molecule has 0 heterocycles. The number of rotatable bonds is 10. The Bertz CT molecular complexity index is 1000. The number of ether oxygens (including phenoxy) is 4. The van der Waals surface area contributed by atoms with E-state index in [1.165, 1.54) is 0 Å². The van der Waals surface area contributed by atoms with Gasteiger partial charge in [-0.2, -0.15) is 0 Å². The molecule has 0 aliphatic carbocycles. The first-order valence-corrected chi connectivity index (χ1v) is 9.98. The van der Waals surface area contributed by atoms with Gasteiger partial charge in [-0.1, -0.05) is 36.4 Å². The molecule has 0 spiro atoms. The molecule has 0 atom stereocenters. The molecule has 6 nitrogen and oxygen atoms in total. The third-order valence-corrected chi connectivity index (χ3v) is 4.81. The third kappa shape index (κ3) is 5.92. The van der Waals surface area contributed by atoms with E-state index in [4.69, 9.17) is 18.9 Å². The van der Waals surface area contributed by atoms with Crippen molar-refractivity contribution in [1.29, 1.82) is 0 Å². The highest BCUT2D eigenvalue weighted by Gasteiger charge is 2.12. The minimum absolute atomic E-state index is 0.173. The number of carbonyl (C=O) groups is 1. The molecule has 0 aromatic heterocycles. The summed E-state index contributed by atoms with van der Waals surface area (Å²) in [5, 5.41) is 2.94. The van der Waals surface area contributed by atoms with Crippen LogP contribution in [0.15, 0.2) is 66.7 Å². The van der Waals surface area contributed by atoms with E-state index in [1.54, 1.807) is 39.5 Å². The van der Waals surface area contributed by atoms with Crippen molar-refractivity contribution in [3.05, 3.63) is 83.4 Å². The molecule has 0 bridgehead atoms. The lowest BCUT2D eigenvalue weighted by Crippen LogP contribution is -2.25. The van der Waals surface area contributed by atoms with Crippen LogP contribution in [0.5, 0.6) is 23.0 Å². The molecule has 3 aromatic rings. The number of hydrogen-bond donors (Lipinski definition) is 1. The predicted octanol–water partition coefficient (Wildman–Crippen LogP) is 4.26. The smallest absolute Gasteiger partial charge is 0.251 e. The van der Waals surface area contributed by atoms with Crippen LogP contribution in [0.25, 0.3) is 0 Å². The van der Waals surface area contributed by atoms with Crippen LogP contribution in [0, 0.1) is 0 Å². The fourth-order valence-electron chi connectivity index (χ4n) is 3.12. The lowest BCUT2D eigenvalue weighted by molar-refractivity contribution is 0.0953. The van der Waals surface area contributed by atoms with Crippen LogP contribution in [0.3, 0.4) is 0 Å². The van der Waals surface area contributed by atoms with Crippen LogP contribution in [0.2, 0.25) is 0 Å². The second-order valence-electron chi connectivity index (χ2n) is 6.84. The van der Waals surface area contributed by atoms with Crippen molar-refractivity contribution in [3.63, 3.8) is 0 Å². The minimum atomic E-state index is -0.173. The van der Waals surface area contributed by atoms with Gasteiger partial charge in [-0.3, -0.25) is 4.79 Å². The second kappa shape index (κ2) is 10.9. The maximum atomic E-state index is 12.6. The predicted molar refractivity (Wildman–Crippen MR) is 119 cm³/mol. The van der Waals surface area contributed by atoms with Gasteiger partial charge in [-0.15, -0.1) is 0 Å². The van der Waals surface area contributed by atoms with E-state index < -0.39 is 0 Å². The fraction of sp³-hybridized carbons (Fsp3) is 0.240. The van der Waals surface area contributed by atoms with Gasteiger partial charge in [0.05, 0.1) is 21.3 Å². The Hall–Kier alpha value is -3.67. The van der Waals surface area contributed by atoms with Gasteiger partial charge >= 0.3 is 0 Å². The van der Waals surface area contributed by atoms with Gasteiger partial charge in [0, 0.05) is 12.1 Å². The molecule has 0 saturated carbocycles. The normalized spacial score (nSPS) is 10.3. The molecular weight excluding hydrogens is 394 g/mol. The van der Waals surface area contributed by atoms with E-state index in [0.717, 1.165) is 11.1 Å². The van der Waals surface area contributed by atoms with Crippen molar-refractivity contribution in [2.45, 2.75) is 13.0 Å². The van der Waals surface area contributed by atoms with Crippen LogP contribution >= 0.6 is 0 Å². The van der Waals surface area contributed by atoms with Gasteiger partial charge in [-0.05, 0) is 47.9 Å². The molecular formula is C25H27NO5. The molecule has 3 aromatic carbocycles. The average Bonchev–Trinajstić information content (AvgIpc) is 2.82. The fourth-order valence-corrected chi connectivity index (χ4v) is 3.12. The van der Waals surface area contributed by atoms with E-state index in [1.807, 2.05) is 48.5 Å². The van der Waals surface area contributed by atoms with E-state index in [-0.39, 0.29) is 5.91 Å². The zero-order valence-corrected chi connectivity index (χ0v) is 18.0. The Morgan fingerprint density at radius 1 is 0.742 bits per heavy atom. The Labute approximate surface area is 182 Å². The molecule has 3 rings (SSSR count). The van der Waals surface area contributed by atoms with Crippen LogP contribution in [-0.4, -0.2) is 33.8 Å². The number of methoxy groups -OCH3 is 3. The molecule has 1 N–H and O–H groups in total. The lowest BCUT2D eigenvalue weighted by Gasteiger charge is -2.13. The molecule has 1 amide bonds. The van der Waals surface area contributed by atoms with Crippen molar-refractivity contribution in [2.75, 3.05) is 27.9 Å². The number of carbonyl (C=O) groups excluding carboxylic acids is 1. The van der Waals surface area contributed by atoms with E-state index in [0.29, 0.717) is 48.1 Å². The summed E-state index contributed by atoms with van der Waals surface area (Å²) in [5.41, 5.74) is 2.59. The quantitative estimate of drug-likeness (QED) is 0.530. The summed E-state index contributed by atoms with van der Waals surface area (Å²) in [7, 11) is 4.78. The van der Waals surface area contributed by atoms with Gasteiger partial charge in [-0.25, -0.2) is 0 Å². The molecule has 0 fully saturated rings. The van der Waals surface area contributed by atoms with Gasteiger partial charge in [0.2, 0.25) is 0 Å². The SMILES string of the molecule is COc1ccc(CCNC(=O)c2ccc(OC)c(OCc3ccccc3)c2)cc1OC. The summed E-state index contributed by atoms with van der Waals surface area (Å²) in [6.45, 7) is 0.877. The molecule has 0 saturated heterocycles. The summed E-state index contributed by atoms with van der Waals surface area (Å²) < 4.78 is 21.8. The highest BCUT2D eigenvalue weighted by Crippen LogP contribution is 2.29. The zero-order chi connectivity index (χ0) is 22.1. The largest absolute Gasteiger partial charge is 0.493 e. The zero-order valence-electron chi connectivity index (χ0n) is 18.0. The van der Waals surface area contributed by atoms with Gasteiger partial charge in [0.15, 0.2) is 23.0 Å². The maximum Gasteiger partial charge on any atom is 0.251 e. The number of nitrogens with one attached hydrogen (secondary N) is 1. The van der Waals surface area contributed by atoms with Crippen LogP contribution in [-0.2, 0) is 13.0 Å². The summed E-state index contributed by atoms with van der Waals surface area (Å²) in [4.78, 5) is 12.6. The van der Waals surface area contributed by atoms with Gasteiger partial charge in [0.25, 0.3) is 5.91 Å². The summed E-state index contributed by atoms with van der Waals surface area (Å²) in [6, 6.07) is 20.7. The second-order valence-corrected chi connectivity index (χ2v) is 6.84. The highest BCUT2D eigenvalue weighted by atomic mass is 16.5. The van der Waals surface area contributed by atoms with E-state index in [9.17, 15) is 4.79 Å². The van der Waals surface area contributed by atoms with E-state index >= 15 is 0 Å². The van der Waals surface area contributed by atoms with Crippen molar-refractivity contribution in [3.8, 4) is 23.0 Å². The monoisotopic (exact) mass is 421 g/mol. The Morgan fingerprint density at radius 3 is 2.13 bits per heavy atom. The number of amides is 1. The van der Waals surface area contributed by atoms with Crippen molar-refractivity contribution in [2.24, 2.45) is 0 Å². The highest BCUT2D eigenvalue weighted by molar-refractivity contribution is 5.94. The van der Waals surface area contributed by atoms with Gasteiger partial charge in [0.1, 0.15) is 6.61 Å². The first-order chi connectivity index (χ1) is 15.1. The number of benzene rings is 3. The Balaban J connectivity index is 1.61. The average molecular weight is 421 g/mol. The summed E-state index contributed by atoms with van der Waals surface area (Å²) >= 11 is 0. The maximum absolute atomic E-state index is 12.6. The summed E-state index contributed by atoms with van der Waals surface area (Å²) in [5.74, 6) is 2.28. The Morgan fingerprint density at radius 2 is 1.42 bits per heavy atom. The topological polar surface area (TPSA) is 66.0 Å². The van der Waals surface area contributed by atoms with Crippen LogP contribution in [0.4, 0.5) is 0 Å².